The molecule has 0 radical (unpaired) electrons. The van der Waals surface area contributed by atoms with Crippen molar-refractivity contribution in [3.05, 3.63) is 0 Å². The molecular formula is C11H21N3O3. The van der Waals surface area contributed by atoms with Crippen molar-refractivity contribution in [2.75, 3.05) is 6.54 Å². The first kappa shape index (κ1) is 14.1. The quantitative estimate of drug-likeness (QED) is 0.349. The fraction of sp³-hybridized carbons (Fsp3) is 0.818. The lowest BCUT2D eigenvalue weighted by Gasteiger charge is -2.24. The molecule has 1 unspecified atom stereocenters. The Bertz CT molecular complexity index is 293. The largest absolute Gasteiger partial charge is 0.391 e. The van der Waals surface area contributed by atoms with Gasteiger partial charge >= 0.3 is 11.9 Å². The average Bonchev–Trinajstić information content (AvgIpc) is 2.67. The first-order valence-corrected chi connectivity index (χ1v) is 5.85. The van der Waals surface area contributed by atoms with E-state index < -0.39 is 23.6 Å². The Balaban J connectivity index is 2.40. The zero-order chi connectivity index (χ0) is 13.1. The Labute approximate surface area is 101 Å². The molecule has 0 spiro atoms. The molecule has 4 N–H and O–H groups in total. The van der Waals surface area contributed by atoms with Crippen LogP contribution in [0.1, 0.15) is 33.6 Å². The van der Waals surface area contributed by atoms with Gasteiger partial charge in [-0.1, -0.05) is 0 Å². The van der Waals surface area contributed by atoms with Crippen molar-refractivity contribution in [1.29, 1.82) is 0 Å². The van der Waals surface area contributed by atoms with Gasteiger partial charge in [0.15, 0.2) is 0 Å². The molecule has 1 aliphatic heterocycles. The predicted molar refractivity (Wildman–Crippen MR) is 63.0 cm³/mol. The standard InChI is InChI=1S/C11H21N3O3/c1-7(14-11(2,3)12)9(15)17-10(16)8-5-4-6-13-8/h7-8,13-14H,4-6,12H2,1-3H3/t7?,8-/m0/s1. The zero-order valence-corrected chi connectivity index (χ0v) is 10.6. The molecule has 0 bridgehead atoms. The number of rotatable bonds is 4. The summed E-state index contributed by atoms with van der Waals surface area (Å²) in [5, 5.41) is 5.82. The van der Waals surface area contributed by atoms with Gasteiger partial charge in [-0.2, -0.15) is 0 Å². The van der Waals surface area contributed by atoms with E-state index in [9.17, 15) is 9.59 Å². The number of nitrogens with two attached hydrogens (primary N) is 1. The van der Waals surface area contributed by atoms with Crippen molar-refractivity contribution in [2.24, 2.45) is 5.73 Å². The van der Waals surface area contributed by atoms with Gasteiger partial charge in [0.25, 0.3) is 0 Å². The summed E-state index contributed by atoms with van der Waals surface area (Å²) in [5.74, 6) is -1.10. The molecule has 17 heavy (non-hydrogen) atoms. The third kappa shape index (κ3) is 4.80. The van der Waals surface area contributed by atoms with E-state index in [1.807, 2.05) is 0 Å². The van der Waals surface area contributed by atoms with E-state index in [4.69, 9.17) is 10.5 Å². The van der Waals surface area contributed by atoms with Crippen molar-refractivity contribution in [2.45, 2.75) is 51.4 Å². The molecule has 0 aliphatic carbocycles. The Kier molecular flexibility index (Phi) is 4.62. The smallest absolute Gasteiger partial charge is 0.330 e. The Hall–Kier alpha value is -0.980. The maximum absolute atomic E-state index is 11.6. The van der Waals surface area contributed by atoms with Crippen LogP contribution in [0.4, 0.5) is 0 Å². The van der Waals surface area contributed by atoms with Crippen LogP contribution < -0.4 is 16.4 Å². The van der Waals surface area contributed by atoms with Gasteiger partial charge in [0.05, 0.1) is 5.66 Å². The van der Waals surface area contributed by atoms with Crippen LogP contribution in [0.5, 0.6) is 0 Å². The second-order valence-corrected chi connectivity index (χ2v) is 4.98. The van der Waals surface area contributed by atoms with Gasteiger partial charge in [-0.05, 0) is 40.2 Å². The normalized spacial score (nSPS) is 22.2. The molecule has 1 heterocycles. The summed E-state index contributed by atoms with van der Waals surface area (Å²) in [6.07, 6.45) is 1.65. The minimum Gasteiger partial charge on any atom is -0.391 e. The molecule has 6 nitrogen and oxygen atoms in total. The molecule has 2 atom stereocenters. The molecule has 98 valence electrons. The predicted octanol–water partition coefficient (Wildman–Crippen LogP) is -0.519. The molecule has 1 aliphatic rings. The highest BCUT2D eigenvalue weighted by atomic mass is 16.6. The van der Waals surface area contributed by atoms with Gasteiger partial charge in [0, 0.05) is 0 Å². The summed E-state index contributed by atoms with van der Waals surface area (Å²) < 4.78 is 4.78. The molecule has 1 rings (SSSR count). The summed E-state index contributed by atoms with van der Waals surface area (Å²) in [6, 6.07) is -0.961. The minimum atomic E-state index is -0.687. The second-order valence-electron chi connectivity index (χ2n) is 4.98. The first-order valence-electron chi connectivity index (χ1n) is 5.85. The van der Waals surface area contributed by atoms with E-state index in [-0.39, 0.29) is 6.04 Å². The lowest BCUT2D eigenvalue weighted by Crippen LogP contribution is -2.54. The van der Waals surface area contributed by atoms with Gasteiger partial charge < -0.3 is 15.8 Å². The van der Waals surface area contributed by atoms with Gasteiger partial charge in [-0.3, -0.25) is 5.32 Å². The van der Waals surface area contributed by atoms with E-state index >= 15 is 0 Å². The number of carbonyl (C=O) groups excluding carboxylic acids is 2. The van der Waals surface area contributed by atoms with Crippen LogP contribution in [0.2, 0.25) is 0 Å². The van der Waals surface area contributed by atoms with Crippen molar-refractivity contribution >= 4 is 11.9 Å². The van der Waals surface area contributed by atoms with Crippen LogP contribution in [-0.4, -0.2) is 36.2 Å². The molecule has 0 aromatic rings. The molecule has 1 fully saturated rings. The number of hydrogen-bond donors (Lipinski definition) is 3. The zero-order valence-electron chi connectivity index (χ0n) is 10.6. The highest BCUT2D eigenvalue weighted by Gasteiger charge is 2.28. The highest BCUT2D eigenvalue weighted by molar-refractivity contribution is 5.90. The lowest BCUT2D eigenvalue weighted by molar-refractivity contribution is -0.162. The van der Waals surface area contributed by atoms with Crippen molar-refractivity contribution in [1.82, 2.24) is 10.6 Å². The van der Waals surface area contributed by atoms with E-state index in [0.717, 1.165) is 19.4 Å². The maximum Gasteiger partial charge on any atom is 0.330 e. The van der Waals surface area contributed by atoms with Gasteiger partial charge in [-0.25, -0.2) is 9.59 Å². The van der Waals surface area contributed by atoms with Crippen LogP contribution in [0.3, 0.4) is 0 Å². The number of nitrogens with one attached hydrogen (secondary N) is 2. The van der Waals surface area contributed by atoms with Crippen molar-refractivity contribution in [3.63, 3.8) is 0 Å². The van der Waals surface area contributed by atoms with Crippen LogP contribution >= 0.6 is 0 Å². The second kappa shape index (κ2) is 5.57. The Morgan fingerprint density at radius 1 is 1.53 bits per heavy atom. The molecule has 0 aromatic heterocycles. The topological polar surface area (TPSA) is 93.4 Å². The minimum absolute atomic E-state index is 0.350. The lowest BCUT2D eigenvalue weighted by atomic mass is 10.2. The molecule has 6 heteroatoms. The molecule has 0 amide bonds. The van der Waals surface area contributed by atoms with E-state index in [2.05, 4.69) is 10.6 Å². The van der Waals surface area contributed by atoms with Gasteiger partial charge in [0.2, 0.25) is 0 Å². The summed E-state index contributed by atoms with van der Waals surface area (Å²) in [7, 11) is 0. The van der Waals surface area contributed by atoms with Gasteiger partial charge in [-0.15, -0.1) is 0 Å². The highest BCUT2D eigenvalue weighted by Crippen LogP contribution is 2.07. The van der Waals surface area contributed by atoms with Crippen LogP contribution in [0.15, 0.2) is 0 Å². The van der Waals surface area contributed by atoms with Crippen LogP contribution in [0.25, 0.3) is 0 Å². The summed E-state index contributed by atoms with van der Waals surface area (Å²) in [4.78, 5) is 23.2. The SMILES string of the molecule is CC(NC(C)(C)N)C(=O)OC(=O)[C@@H]1CCCN1. The fourth-order valence-corrected chi connectivity index (χ4v) is 1.76. The number of esters is 2. The van der Waals surface area contributed by atoms with E-state index in [1.165, 1.54) is 0 Å². The fourth-order valence-electron chi connectivity index (χ4n) is 1.76. The maximum atomic E-state index is 11.6. The van der Waals surface area contributed by atoms with Gasteiger partial charge in [0.1, 0.15) is 12.1 Å². The summed E-state index contributed by atoms with van der Waals surface area (Å²) >= 11 is 0. The molecule has 1 saturated heterocycles. The number of hydrogen-bond acceptors (Lipinski definition) is 6. The molecule has 0 saturated carbocycles. The van der Waals surface area contributed by atoms with Crippen molar-refractivity contribution < 1.29 is 14.3 Å². The number of carbonyl (C=O) groups is 2. The number of ether oxygens (including phenoxy) is 1. The molecular weight excluding hydrogens is 222 g/mol. The Morgan fingerprint density at radius 2 is 2.18 bits per heavy atom. The van der Waals surface area contributed by atoms with Crippen LogP contribution in [-0.2, 0) is 14.3 Å². The monoisotopic (exact) mass is 243 g/mol. The third-order valence-electron chi connectivity index (χ3n) is 2.49. The van der Waals surface area contributed by atoms with E-state index in [1.54, 1.807) is 20.8 Å². The third-order valence-corrected chi connectivity index (χ3v) is 2.49. The first-order chi connectivity index (χ1) is 7.79. The summed E-state index contributed by atoms with van der Waals surface area (Å²) in [5.41, 5.74) is 5.02. The summed E-state index contributed by atoms with van der Waals surface area (Å²) in [6.45, 7) is 5.87. The van der Waals surface area contributed by atoms with Crippen LogP contribution in [0, 0.1) is 0 Å². The molecule has 0 aromatic carbocycles. The van der Waals surface area contributed by atoms with Crippen molar-refractivity contribution in [3.8, 4) is 0 Å². The van der Waals surface area contributed by atoms with E-state index in [0.29, 0.717) is 0 Å². The average molecular weight is 243 g/mol. The Morgan fingerprint density at radius 3 is 2.65 bits per heavy atom.